The highest BCUT2D eigenvalue weighted by Crippen LogP contribution is 2.19. The molecule has 0 amide bonds. The third-order valence-corrected chi connectivity index (χ3v) is 4.29. The minimum atomic E-state index is -3.78. The van der Waals surface area contributed by atoms with E-state index in [4.69, 9.17) is 5.11 Å². The number of esters is 1. The fourth-order valence-corrected chi connectivity index (χ4v) is 2.92. The molecule has 0 unspecified atom stereocenters. The van der Waals surface area contributed by atoms with Crippen LogP contribution in [0.5, 0.6) is 0 Å². The van der Waals surface area contributed by atoms with Gasteiger partial charge in [-0.2, -0.15) is 17.4 Å². The standard InChI is InChI=1S/C9H16N2O6S/c1-17-9(14)7-2-4-11(5-3-7)18(15,16)10-6-8(12)13/h7,10H,2-6H2,1H3,(H,12,13). The van der Waals surface area contributed by atoms with Crippen molar-refractivity contribution < 1.29 is 27.9 Å². The summed E-state index contributed by atoms with van der Waals surface area (Å²) >= 11 is 0. The molecule has 8 nitrogen and oxygen atoms in total. The molecular formula is C9H16N2O6S. The molecule has 2 N–H and O–H groups in total. The van der Waals surface area contributed by atoms with Gasteiger partial charge in [-0.05, 0) is 12.8 Å². The highest BCUT2D eigenvalue weighted by molar-refractivity contribution is 7.87. The number of carboxylic acid groups (broad SMARTS) is 1. The molecule has 1 rings (SSSR count). The van der Waals surface area contributed by atoms with Gasteiger partial charge in [0.25, 0.3) is 10.2 Å². The predicted molar refractivity (Wildman–Crippen MR) is 60.9 cm³/mol. The number of rotatable bonds is 5. The molecule has 0 spiro atoms. The van der Waals surface area contributed by atoms with Crippen LogP contribution in [0, 0.1) is 5.92 Å². The first-order valence-electron chi connectivity index (χ1n) is 5.41. The first-order chi connectivity index (χ1) is 8.36. The molecule has 0 aromatic heterocycles. The van der Waals surface area contributed by atoms with Gasteiger partial charge in [-0.3, -0.25) is 9.59 Å². The van der Waals surface area contributed by atoms with E-state index in [1.807, 2.05) is 4.72 Å². The average molecular weight is 280 g/mol. The summed E-state index contributed by atoms with van der Waals surface area (Å²) in [7, 11) is -2.49. The van der Waals surface area contributed by atoms with E-state index in [1.54, 1.807) is 0 Å². The first-order valence-corrected chi connectivity index (χ1v) is 6.85. The molecule has 1 aliphatic heterocycles. The Labute approximate surface area is 105 Å². The van der Waals surface area contributed by atoms with Gasteiger partial charge < -0.3 is 9.84 Å². The van der Waals surface area contributed by atoms with E-state index >= 15 is 0 Å². The summed E-state index contributed by atoms with van der Waals surface area (Å²) in [5.41, 5.74) is 0. The van der Waals surface area contributed by atoms with Crippen LogP contribution in [0.2, 0.25) is 0 Å². The number of carboxylic acids is 1. The minimum absolute atomic E-state index is 0.175. The van der Waals surface area contributed by atoms with Gasteiger partial charge in [-0.15, -0.1) is 0 Å². The second kappa shape index (κ2) is 6.12. The number of nitrogens with zero attached hydrogens (tertiary/aromatic N) is 1. The highest BCUT2D eigenvalue weighted by atomic mass is 32.2. The summed E-state index contributed by atoms with van der Waals surface area (Å²) in [6.45, 7) is -0.303. The second-order valence-corrected chi connectivity index (χ2v) is 5.67. The van der Waals surface area contributed by atoms with Gasteiger partial charge >= 0.3 is 11.9 Å². The van der Waals surface area contributed by atoms with Crippen molar-refractivity contribution in [3.05, 3.63) is 0 Å². The topological polar surface area (TPSA) is 113 Å². The van der Waals surface area contributed by atoms with Crippen molar-refractivity contribution in [3.63, 3.8) is 0 Å². The molecule has 9 heteroatoms. The third kappa shape index (κ3) is 3.93. The van der Waals surface area contributed by atoms with Gasteiger partial charge in [0, 0.05) is 13.1 Å². The lowest BCUT2D eigenvalue weighted by Crippen LogP contribution is -2.47. The Hall–Kier alpha value is -1.19. The van der Waals surface area contributed by atoms with E-state index in [0.29, 0.717) is 12.8 Å². The van der Waals surface area contributed by atoms with Gasteiger partial charge in [0.2, 0.25) is 0 Å². The molecule has 1 heterocycles. The molecule has 0 aliphatic carbocycles. The zero-order chi connectivity index (χ0) is 13.8. The smallest absolute Gasteiger partial charge is 0.318 e. The van der Waals surface area contributed by atoms with Crippen molar-refractivity contribution >= 4 is 22.1 Å². The van der Waals surface area contributed by atoms with Crippen LogP contribution in [-0.2, 0) is 24.5 Å². The van der Waals surface area contributed by atoms with E-state index in [0.717, 1.165) is 4.31 Å². The molecule has 18 heavy (non-hydrogen) atoms. The minimum Gasteiger partial charge on any atom is -0.480 e. The Morgan fingerprint density at radius 2 is 1.94 bits per heavy atom. The van der Waals surface area contributed by atoms with E-state index in [-0.39, 0.29) is 25.0 Å². The summed E-state index contributed by atoms with van der Waals surface area (Å²) in [5.74, 6) is -1.88. The van der Waals surface area contributed by atoms with Crippen molar-refractivity contribution in [2.45, 2.75) is 12.8 Å². The van der Waals surface area contributed by atoms with Crippen molar-refractivity contribution in [1.29, 1.82) is 0 Å². The fourth-order valence-electron chi connectivity index (χ4n) is 1.74. The second-order valence-electron chi connectivity index (χ2n) is 3.92. The summed E-state index contributed by atoms with van der Waals surface area (Å²) in [5, 5.41) is 8.42. The average Bonchev–Trinajstić information content (AvgIpc) is 2.36. The summed E-state index contributed by atoms with van der Waals surface area (Å²) in [6, 6.07) is 0. The number of hydrogen-bond donors (Lipinski definition) is 2. The zero-order valence-electron chi connectivity index (χ0n) is 9.96. The lowest BCUT2D eigenvalue weighted by atomic mass is 9.99. The predicted octanol–water partition coefficient (Wildman–Crippen LogP) is -1.21. The zero-order valence-corrected chi connectivity index (χ0v) is 10.8. The van der Waals surface area contributed by atoms with E-state index in [1.165, 1.54) is 7.11 Å². The molecule has 0 radical (unpaired) electrons. The molecule has 1 fully saturated rings. The van der Waals surface area contributed by atoms with Crippen LogP contribution in [0.25, 0.3) is 0 Å². The molecule has 1 aliphatic rings. The monoisotopic (exact) mass is 280 g/mol. The largest absolute Gasteiger partial charge is 0.480 e. The molecule has 0 aromatic carbocycles. The maximum Gasteiger partial charge on any atom is 0.318 e. The van der Waals surface area contributed by atoms with Crippen LogP contribution in [0.1, 0.15) is 12.8 Å². The SMILES string of the molecule is COC(=O)C1CCN(S(=O)(=O)NCC(=O)O)CC1. The number of hydrogen-bond acceptors (Lipinski definition) is 5. The van der Waals surface area contributed by atoms with Gasteiger partial charge in [0.05, 0.1) is 13.0 Å². The van der Waals surface area contributed by atoms with Crippen molar-refractivity contribution in [2.75, 3.05) is 26.7 Å². The van der Waals surface area contributed by atoms with Gasteiger partial charge in [0.15, 0.2) is 0 Å². The third-order valence-electron chi connectivity index (χ3n) is 2.73. The number of carbonyl (C=O) groups is 2. The molecule has 0 aromatic rings. The number of piperidine rings is 1. The van der Waals surface area contributed by atoms with Crippen LogP contribution >= 0.6 is 0 Å². The van der Waals surface area contributed by atoms with Crippen molar-refractivity contribution in [2.24, 2.45) is 5.92 Å². The lowest BCUT2D eigenvalue weighted by Gasteiger charge is -2.29. The Bertz CT molecular complexity index is 413. The van der Waals surface area contributed by atoms with Gasteiger partial charge in [0.1, 0.15) is 6.54 Å². The van der Waals surface area contributed by atoms with Crippen LogP contribution in [0.3, 0.4) is 0 Å². The maximum absolute atomic E-state index is 11.7. The molecule has 104 valence electrons. The van der Waals surface area contributed by atoms with Crippen LogP contribution in [-0.4, -0.2) is 56.5 Å². The number of methoxy groups -OCH3 is 1. The number of nitrogens with one attached hydrogen (secondary N) is 1. The molecule has 0 bridgehead atoms. The van der Waals surface area contributed by atoms with Crippen molar-refractivity contribution in [1.82, 2.24) is 9.03 Å². The molecular weight excluding hydrogens is 264 g/mol. The van der Waals surface area contributed by atoms with Crippen LogP contribution in [0.4, 0.5) is 0 Å². The van der Waals surface area contributed by atoms with Crippen LogP contribution < -0.4 is 4.72 Å². The lowest BCUT2D eigenvalue weighted by molar-refractivity contribution is -0.146. The van der Waals surface area contributed by atoms with Gasteiger partial charge in [-0.1, -0.05) is 0 Å². The number of carbonyl (C=O) groups excluding carboxylic acids is 1. The Kier molecular flexibility index (Phi) is 5.05. The van der Waals surface area contributed by atoms with Crippen molar-refractivity contribution in [3.8, 4) is 0 Å². The fraction of sp³-hybridized carbons (Fsp3) is 0.778. The summed E-state index contributed by atoms with van der Waals surface area (Å²) < 4.78 is 31.0. The quantitative estimate of drug-likeness (QED) is 0.611. The Morgan fingerprint density at radius 1 is 1.39 bits per heavy atom. The number of aliphatic carboxylic acids is 1. The summed E-state index contributed by atoms with van der Waals surface area (Å²) in [4.78, 5) is 21.6. The maximum atomic E-state index is 11.7. The normalized spacial score (nSPS) is 18.5. The molecule has 0 saturated carbocycles. The molecule has 0 atom stereocenters. The van der Waals surface area contributed by atoms with Crippen LogP contribution in [0.15, 0.2) is 0 Å². The van der Waals surface area contributed by atoms with E-state index < -0.39 is 22.7 Å². The highest BCUT2D eigenvalue weighted by Gasteiger charge is 2.31. The number of ether oxygens (including phenoxy) is 1. The van der Waals surface area contributed by atoms with Gasteiger partial charge in [-0.25, -0.2) is 0 Å². The first kappa shape index (κ1) is 14.9. The molecule has 1 saturated heterocycles. The van der Waals surface area contributed by atoms with E-state index in [2.05, 4.69) is 4.74 Å². The Balaban J connectivity index is 2.51. The van der Waals surface area contributed by atoms with E-state index in [9.17, 15) is 18.0 Å². The Morgan fingerprint density at radius 3 is 2.39 bits per heavy atom. The summed E-state index contributed by atoms with van der Waals surface area (Å²) in [6.07, 6.45) is 0.751.